The van der Waals surface area contributed by atoms with E-state index in [2.05, 4.69) is 29.9 Å². The van der Waals surface area contributed by atoms with Gasteiger partial charge in [-0.05, 0) is 86.3 Å². The molecule has 166 valence electrons. The van der Waals surface area contributed by atoms with E-state index < -0.39 is 5.60 Å². The fourth-order valence-corrected chi connectivity index (χ4v) is 8.36. The van der Waals surface area contributed by atoms with Gasteiger partial charge < -0.3 is 9.84 Å². The highest BCUT2D eigenvalue weighted by Gasteiger charge is 2.61. The van der Waals surface area contributed by atoms with Crippen molar-refractivity contribution < 1.29 is 9.84 Å². The molecule has 1 heterocycles. The van der Waals surface area contributed by atoms with Crippen molar-refractivity contribution in [1.29, 1.82) is 0 Å². The number of hydrogen-bond donors (Lipinski definition) is 1. The van der Waals surface area contributed by atoms with Crippen LogP contribution in [0.15, 0.2) is 12.1 Å². The van der Waals surface area contributed by atoms with Gasteiger partial charge in [-0.25, -0.2) is 0 Å². The predicted octanol–water partition coefficient (Wildman–Crippen LogP) is 5.39. The Hall–Kier alpha value is -1.50. The monoisotopic (exact) mass is 419 g/mol. The van der Waals surface area contributed by atoms with Crippen molar-refractivity contribution in [3.63, 3.8) is 0 Å². The quantitative estimate of drug-likeness (QED) is 0.619. The average molecular weight is 420 g/mol. The summed E-state index contributed by atoms with van der Waals surface area (Å²) in [5.74, 6) is 5.77. The third kappa shape index (κ3) is 2.87. The van der Waals surface area contributed by atoms with Gasteiger partial charge in [-0.3, -0.25) is 4.90 Å². The molecular formula is C28H37NO2. The molecule has 6 rings (SSSR count). The van der Waals surface area contributed by atoms with Crippen LogP contribution in [0, 0.1) is 29.6 Å². The minimum absolute atomic E-state index is 0.116. The number of benzene rings is 1. The summed E-state index contributed by atoms with van der Waals surface area (Å²) in [6.07, 6.45) is 19.1. The van der Waals surface area contributed by atoms with Crippen molar-refractivity contribution in [2.24, 2.45) is 17.3 Å². The first-order valence-electron chi connectivity index (χ1n) is 12.8. The molecule has 0 bridgehead atoms. The molecule has 1 N–H and O–H groups in total. The van der Waals surface area contributed by atoms with E-state index in [9.17, 15) is 5.11 Å². The van der Waals surface area contributed by atoms with Crippen LogP contribution in [0.1, 0.15) is 93.7 Å². The van der Waals surface area contributed by atoms with E-state index in [1.807, 2.05) is 0 Å². The summed E-state index contributed by atoms with van der Waals surface area (Å²) in [6, 6.07) is 5.34. The molecule has 1 aliphatic heterocycles. The van der Waals surface area contributed by atoms with Gasteiger partial charge in [0, 0.05) is 23.6 Å². The van der Waals surface area contributed by atoms with Gasteiger partial charge >= 0.3 is 0 Å². The van der Waals surface area contributed by atoms with Crippen molar-refractivity contribution in [3.8, 4) is 18.1 Å². The van der Waals surface area contributed by atoms with Gasteiger partial charge in [-0.1, -0.05) is 38.2 Å². The highest BCUT2D eigenvalue weighted by atomic mass is 16.5. The zero-order valence-corrected chi connectivity index (χ0v) is 19.0. The van der Waals surface area contributed by atoms with Gasteiger partial charge in [0.25, 0.3) is 0 Å². The normalized spacial score (nSPS) is 40.1. The van der Waals surface area contributed by atoms with Gasteiger partial charge in [0.05, 0.1) is 0 Å². The first kappa shape index (κ1) is 20.1. The summed E-state index contributed by atoms with van der Waals surface area (Å²) < 4.78 is 6.29. The Balaban J connectivity index is 1.30. The Morgan fingerprint density at radius 2 is 1.90 bits per heavy atom. The molecule has 3 saturated carbocycles. The first-order valence-corrected chi connectivity index (χ1v) is 12.8. The summed E-state index contributed by atoms with van der Waals surface area (Å²) in [5, 5.41) is 11.2. The van der Waals surface area contributed by atoms with Crippen LogP contribution in [0.5, 0.6) is 5.75 Å². The second-order valence-corrected chi connectivity index (χ2v) is 11.3. The Morgan fingerprint density at radius 3 is 2.71 bits per heavy atom. The average Bonchev–Trinajstić information content (AvgIpc) is 3.10. The molecule has 0 saturated heterocycles. The smallest absolute Gasteiger partial charge is 0.142 e. The van der Waals surface area contributed by atoms with E-state index in [1.54, 1.807) is 11.1 Å². The molecule has 3 heteroatoms. The Kier molecular flexibility index (Phi) is 4.71. The van der Waals surface area contributed by atoms with E-state index in [1.165, 1.54) is 44.1 Å². The fraction of sp³-hybridized carbons (Fsp3) is 0.714. The SMILES string of the molecule is C#CC1(O)CCC2C3CCc4c(ccc5c4CN(C4CCCCC4)CO5)C3CCC21C. The third-order valence-electron chi connectivity index (χ3n) is 10.2. The largest absolute Gasteiger partial charge is 0.478 e. The summed E-state index contributed by atoms with van der Waals surface area (Å²) in [4.78, 5) is 2.61. The first-order chi connectivity index (χ1) is 15.0. The minimum Gasteiger partial charge on any atom is -0.478 e. The van der Waals surface area contributed by atoms with Crippen LogP contribution in [0.25, 0.3) is 0 Å². The molecule has 3 nitrogen and oxygen atoms in total. The maximum absolute atomic E-state index is 11.2. The van der Waals surface area contributed by atoms with E-state index in [-0.39, 0.29) is 5.41 Å². The number of fused-ring (bicyclic) bond motifs is 7. The van der Waals surface area contributed by atoms with E-state index >= 15 is 0 Å². The van der Waals surface area contributed by atoms with Gasteiger partial charge in [-0.2, -0.15) is 0 Å². The Labute approximate surface area is 187 Å². The lowest BCUT2D eigenvalue weighted by Crippen LogP contribution is -2.50. The molecule has 0 spiro atoms. The molecule has 1 aromatic carbocycles. The molecule has 4 aliphatic carbocycles. The van der Waals surface area contributed by atoms with Gasteiger partial charge in [-0.15, -0.1) is 6.42 Å². The van der Waals surface area contributed by atoms with E-state index in [4.69, 9.17) is 11.2 Å². The number of aliphatic hydroxyl groups is 1. The lowest BCUT2D eigenvalue weighted by Gasteiger charge is -2.52. The summed E-state index contributed by atoms with van der Waals surface area (Å²) in [5.41, 5.74) is 3.63. The molecule has 5 atom stereocenters. The van der Waals surface area contributed by atoms with Gasteiger partial charge in [0.2, 0.25) is 0 Å². The third-order valence-corrected chi connectivity index (χ3v) is 10.2. The lowest BCUT2D eigenvalue weighted by atomic mass is 9.53. The highest BCUT2D eigenvalue weighted by molar-refractivity contribution is 5.49. The Morgan fingerprint density at radius 1 is 1.06 bits per heavy atom. The molecule has 5 unspecified atom stereocenters. The summed E-state index contributed by atoms with van der Waals surface area (Å²) in [6.45, 7) is 4.10. The molecule has 0 amide bonds. The molecule has 5 aliphatic rings. The second kappa shape index (κ2) is 7.26. The van der Waals surface area contributed by atoms with Crippen LogP contribution in [-0.4, -0.2) is 28.4 Å². The number of ether oxygens (including phenoxy) is 1. The van der Waals surface area contributed by atoms with Crippen molar-refractivity contribution in [2.45, 2.75) is 102 Å². The minimum atomic E-state index is -0.910. The van der Waals surface area contributed by atoms with Crippen molar-refractivity contribution in [1.82, 2.24) is 4.90 Å². The van der Waals surface area contributed by atoms with Crippen LogP contribution in [-0.2, 0) is 13.0 Å². The fourth-order valence-electron chi connectivity index (χ4n) is 8.36. The molecule has 0 radical (unpaired) electrons. The maximum Gasteiger partial charge on any atom is 0.142 e. The highest BCUT2D eigenvalue weighted by Crippen LogP contribution is 2.64. The van der Waals surface area contributed by atoms with Crippen LogP contribution < -0.4 is 4.74 Å². The molecule has 3 fully saturated rings. The zero-order valence-electron chi connectivity index (χ0n) is 19.0. The van der Waals surface area contributed by atoms with Crippen LogP contribution >= 0.6 is 0 Å². The number of hydrogen-bond acceptors (Lipinski definition) is 3. The van der Waals surface area contributed by atoms with Crippen LogP contribution in [0.4, 0.5) is 0 Å². The van der Waals surface area contributed by atoms with Crippen LogP contribution in [0.3, 0.4) is 0 Å². The number of nitrogens with zero attached hydrogens (tertiary/aromatic N) is 1. The van der Waals surface area contributed by atoms with E-state index in [0.29, 0.717) is 23.8 Å². The standard InChI is InChI=1S/C28H37NO2/c1-3-28(30)16-14-25-23-10-9-21-20(22(23)13-15-27(25,28)2)11-12-26-24(21)17-29(18-31-26)19-7-5-4-6-8-19/h1,11-12,19,22-23,25,30H,4-10,13-18H2,2H3. The second-order valence-electron chi connectivity index (χ2n) is 11.3. The van der Waals surface area contributed by atoms with Crippen molar-refractivity contribution in [3.05, 3.63) is 28.8 Å². The molecule has 31 heavy (non-hydrogen) atoms. The maximum atomic E-state index is 11.2. The molecule has 1 aromatic rings. The summed E-state index contributed by atoms with van der Waals surface area (Å²) >= 11 is 0. The Bertz CT molecular complexity index is 912. The van der Waals surface area contributed by atoms with Crippen molar-refractivity contribution in [2.75, 3.05) is 6.73 Å². The van der Waals surface area contributed by atoms with E-state index in [0.717, 1.165) is 51.1 Å². The zero-order chi connectivity index (χ0) is 21.2. The number of rotatable bonds is 1. The number of terminal acetylenes is 1. The summed E-state index contributed by atoms with van der Waals surface area (Å²) in [7, 11) is 0. The van der Waals surface area contributed by atoms with Crippen LogP contribution in [0.2, 0.25) is 0 Å². The topological polar surface area (TPSA) is 32.7 Å². The molecular weight excluding hydrogens is 382 g/mol. The lowest BCUT2D eigenvalue weighted by molar-refractivity contribution is -0.0648. The van der Waals surface area contributed by atoms with Crippen molar-refractivity contribution >= 4 is 0 Å². The van der Waals surface area contributed by atoms with Gasteiger partial charge in [0.1, 0.15) is 18.1 Å². The molecule has 0 aromatic heterocycles. The van der Waals surface area contributed by atoms with Gasteiger partial charge in [0.15, 0.2) is 0 Å². The predicted molar refractivity (Wildman–Crippen MR) is 123 cm³/mol.